The second kappa shape index (κ2) is 10.1. The number of carbonyl (C=O) groups is 2. The summed E-state index contributed by atoms with van der Waals surface area (Å²) < 4.78 is 0. The fraction of sp³-hybridized carbons (Fsp3) is 0.579. The third-order valence-corrected chi connectivity index (χ3v) is 4.71. The van der Waals surface area contributed by atoms with Crippen molar-refractivity contribution < 1.29 is 9.59 Å². The molecule has 1 aromatic rings. The zero-order chi connectivity index (χ0) is 18.4. The average molecular weight is 402 g/mol. The number of nitrogens with one attached hydrogen (secondary N) is 2. The molecule has 2 amide bonds. The number of rotatable bonds is 5. The van der Waals surface area contributed by atoms with E-state index in [0.29, 0.717) is 37.5 Å². The zero-order valence-electron chi connectivity index (χ0n) is 15.7. The lowest BCUT2D eigenvalue weighted by atomic mass is 9.96. The molecule has 1 unspecified atom stereocenters. The van der Waals surface area contributed by atoms with Gasteiger partial charge in [-0.3, -0.25) is 9.59 Å². The molecule has 0 aliphatic carbocycles. The molecular formula is C19H29Cl2N3O2. The van der Waals surface area contributed by atoms with Gasteiger partial charge in [0, 0.05) is 43.0 Å². The molecule has 7 heteroatoms. The van der Waals surface area contributed by atoms with E-state index in [1.54, 1.807) is 0 Å². The van der Waals surface area contributed by atoms with Crippen LogP contribution >= 0.6 is 24.0 Å². The lowest BCUT2D eigenvalue weighted by Gasteiger charge is -2.37. The van der Waals surface area contributed by atoms with Crippen LogP contribution < -0.4 is 10.6 Å². The van der Waals surface area contributed by atoms with Crippen LogP contribution in [0.2, 0.25) is 5.02 Å². The van der Waals surface area contributed by atoms with E-state index < -0.39 is 5.41 Å². The Balaban J connectivity index is 0.00000338. The third-order valence-electron chi connectivity index (χ3n) is 4.36. The molecule has 1 aromatic carbocycles. The van der Waals surface area contributed by atoms with Crippen molar-refractivity contribution in [2.75, 3.05) is 26.2 Å². The van der Waals surface area contributed by atoms with Gasteiger partial charge >= 0.3 is 0 Å². The molecule has 1 fully saturated rings. The van der Waals surface area contributed by atoms with E-state index in [9.17, 15) is 9.59 Å². The minimum atomic E-state index is -0.405. The Hall–Kier alpha value is -1.30. The summed E-state index contributed by atoms with van der Waals surface area (Å²) in [4.78, 5) is 26.4. The first kappa shape index (κ1) is 22.7. The minimum Gasteiger partial charge on any atom is -0.356 e. The van der Waals surface area contributed by atoms with E-state index in [1.807, 2.05) is 49.9 Å². The van der Waals surface area contributed by atoms with Gasteiger partial charge in [-0.05, 0) is 18.1 Å². The van der Waals surface area contributed by atoms with Gasteiger partial charge < -0.3 is 15.5 Å². The summed E-state index contributed by atoms with van der Waals surface area (Å²) >= 11 is 6.32. The fourth-order valence-corrected chi connectivity index (χ4v) is 3.14. The predicted molar refractivity (Wildman–Crippen MR) is 108 cm³/mol. The number of nitrogens with zero attached hydrogens (tertiary/aromatic N) is 1. The highest BCUT2D eigenvalue weighted by Crippen LogP contribution is 2.29. The van der Waals surface area contributed by atoms with Gasteiger partial charge in [0.15, 0.2) is 0 Å². The molecule has 1 heterocycles. The highest BCUT2D eigenvalue weighted by molar-refractivity contribution is 6.31. The van der Waals surface area contributed by atoms with Gasteiger partial charge in [0.2, 0.25) is 11.8 Å². The van der Waals surface area contributed by atoms with Gasteiger partial charge in [0.25, 0.3) is 0 Å². The SMILES string of the molecule is CC(C)(C)C(=O)NCCCC(=O)N1CCNCC1c1ccccc1Cl.Cl. The largest absolute Gasteiger partial charge is 0.356 e. The van der Waals surface area contributed by atoms with E-state index in [4.69, 9.17) is 11.6 Å². The smallest absolute Gasteiger partial charge is 0.225 e. The quantitative estimate of drug-likeness (QED) is 0.744. The molecule has 26 heavy (non-hydrogen) atoms. The molecule has 1 aliphatic rings. The Morgan fingerprint density at radius 1 is 1.31 bits per heavy atom. The second-order valence-electron chi connectivity index (χ2n) is 7.44. The molecule has 1 aliphatic heterocycles. The summed E-state index contributed by atoms with van der Waals surface area (Å²) in [5.41, 5.74) is 0.572. The molecule has 0 bridgehead atoms. The van der Waals surface area contributed by atoms with Crippen molar-refractivity contribution in [3.63, 3.8) is 0 Å². The zero-order valence-corrected chi connectivity index (χ0v) is 17.3. The van der Waals surface area contributed by atoms with E-state index >= 15 is 0 Å². The average Bonchev–Trinajstić information content (AvgIpc) is 2.58. The second-order valence-corrected chi connectivity index (χ2v) is 7.85. The molecule has 1 saturated heterocycles. The number of piperazine rings is 1. The van der Waals surface area contributed by atoms with Crippen LogP contribution in [0.15, 0.2) is 24.3 Å². The van der Waals surface area contributed by atoms with Crippen LogP contribution in [0.25, 0.3) is 0 Å². The first-order valence-corrected chi connectivity index (χ1v) is 9.21. The summed E-state index contributed by atoms with van der Waals surface area (Å²) in [7, 11) is 0. The van der Waals surface area contributed by atoms with Crippen molar-refractivity contribution >= 4 is 35.8 Å². The molecule has 0 spiro atoms. The normalized spacial score (nSPS) is 17.4. The lowest BCUT2D eigenvalue weighted by Crippen LogP contribution is -2.48. The summed E-state index contributed by atoms with van der Waals surface area (Å²) in [6.07, 6.45) is 1.06. The number of halogens is 2. The Morgan fingerprint density at radius 3 is 2.65 bits per heavy atom. The molecule has 146 valence electrons. The molecule has 0 radical (unpaired) electrons. The van der Waals surface area contributed by atoms with E-state index in [2.05, 4.69) is 10.6 Å². The third kappa shape index (κ3) is 6.15. The maximum atomic E-state index is 12.7. The van der Waals surface area contributed by atoms with Crippen LogP contribution in [-0.2, 0) is 9.59 Å². The Kier molecular flexibility index (Phi) is 8.87. The molecular weight excluding hydrogens is 373 g/mol. The van der Waals surface area contributed by atoms with Crippen LogP contribution in [0.3, 0.4) is 0 Å². The number of amides is 2. The van der Waals surface area contributed by atoms with Crippen LogP contribution in [0, 0.1) is 5.41 Å². The highest BCUT2D eigenvalue weighted by Gasteiger charge is 2.28. The Labute approximate surface area is 167 Å². The highest BCUT2D eigenvalue weighted by atomic mass is 35.5. The van der Waals surface area contributed by atoms with E-state index in [0.717, 1.165) is 12.1 Å². The number of hydrogen-bond acceptors (Lipinski definition) is 3. The van der Waals surface area contributed by atoms with Crippen LogP contribution in [0.1, 0.15) is 45.2 Å². The summed E-state index contributed by atoms with van der Waals surface area (Å²) in [5.74, 6) is 0.118. The maximum absolute atomic E-state index is 12.7. The summed E-state index contributed by atoms with van der Waals surface area (Å²) in [6.45, 7) is 8.31. The van der Waals surface area contributed by atoms with Crippen LogP contribution in [-0.4, -0.2) is 42.9 Å². The first-order valence-electron chi connectivity index (χ1n) is 8.83. The number of benzene rings is 1. The predicted octanol–water partition coefficient (Wildman–Crippen LogP) is 3.18. The standard InChI is InChI=1S/C19H28ClN3O2.ClH/c1-19(2,3)18(25)22-10-6-9-17(24)23-12-11-21-13-16(23)14-7-4-5-8-15(14)20;/h4-5,7-8,16,21H,6,9-13H2,1-3H3,(H,22,25);1H. The molecule has 2 rings (SSSR count). The van der Waals surface area contributed by atoms with Crippen molar-refractivity contribution in [1.29, 1.82) is 0 Å². The van der Waals surface area contributed by atoms with Gasteiger partial charge in [-0.1, -0.05) is 50.6 Å². The van der Waals surface area contributed by atoms with Crippen molar-refractivity contribution in [3.8, 4) is 0 Å². The molecule has 0 saturated carbocycles. The van der Waals surface area contributed by atoms with Crippen molar-refractivity contribution in [2.45, 2.75) is 39.7 Å². The van der Waals surface area contributed by atoms with E-state index in [-0.39, 0.29) is 30.3 Å². The molecule has 0 aromatic heterocycles. The summed E-state index contributed by atoms with van der Waals surface area (Å²) in [6, 6.07) is 7.63. The minimum absolute atomic E-state index is 0. The van der Waals surface area contributed by atoms with Gasteiger partial charge in [-0.25, -0.2) is 0 Å². The fourth-order valence-electron chi connectivity index (χ4n) is 2.88. The summed E-state index contributed by atoms with van der Waals surface area (Å²) in [5, 5.41) is 6.91. The van der Waals surface area contributed by atoms with Gasteiger partial charge in [0.1, 0.15) is 0 Å². The van der Waals surface area contributed by atoms with Crippen molar-refractivity contribution in [3.05, 3.63) is 34.9 Å². The molecule has 1 atom stereocenters. The maximum Gasteiger partial charge on any atom is 0.225 e. The number of hydrogen-bond donors (Lipinski definition) is 2. The van der Waals surface area contributed by atoms with Crippen molar-refractivity contribution in [2.24, 2.45) is 5.41 Å². The number of carbonyl (C=O) groups excluding carboxylic acids is 2. The Morgan fingerprint density at radius 2 is 2.00 bits per heavy atom. The topological polar surface area (TPSA) is 61.4 Å². The monoisotopic (exact) mass is 401 g/mol. The lowest BCUT2D eigenvalue weighted by molar-refractivity contribution is -0.135. The van der Waals surface area contributed by atoms with Gasteiger partial charge in [-0.15, -0.1) is 12.4 Å². The van der Waals surface area contributed by atoms with Crippen LogP contribution in [0.5, 0.6) is 0 Å². The Bertz CT molecular complexity index is 617. The van der Waals surface area contributed by atoms with Crippen LogP contribution in [0.4, 0.5) is 0 Å². The molecule has 2 N–H and O–H groups in total. The van der Waals surface area contributed by atoms with Gasteiger partial charge in [0.05, 0.1) is 6.04 Å². The molecule has 5 nitrogen and oxygen atoms in total. The van der Waals surface area contributed by atoms with E-state index in [1.165, 1.54) is 0 Å². The van der Waals surface area contributed by atoms with Gasteiger partial charge in [-0.2, -0.15) is 0 Å². The first-order chi connectivity index (χ1) is 11.8. The van der Waals surface area contributed by atoms with Crippen molar-refractivity contribution in [1.82, 2.24) is 15.5 Å².